The first-order valence-corrected chi connectivity index (χ1v) is 6.18. The van der Waals surface area contributed by atoms with Crippen LogP contribution >= 0.6 is 15.9 Å². The minimum absolute atomic E-state index is 0.366. The molecule has 0 atom stereocenters. The van der Waals surface area contributed by atoms with E-state index in [0.717, 1.165) is 15.6 Å². The molecule has 0 fully saturated rings. The molecule has 1 aromatic carbocycles. The van der Waals surface area contributed by atoms with Gasteiger partial charge in [0.2, 0.25) is 11.6 Å². The Morgan fingerprint density at radius 2 is 2.00 bits per heavy atom. The van der Waals surface area contributed by atoms with E-state index in [1.165, 1.54) is 0 Å². The summed E-state index contributed by atoms with van der Waals surface area (Å²) in [4.78, 5) is 4.34. The summed E-state index contributed by atoms with van der Waals surface area (Å²) in [5.74, 6) is 1.47. The number of furan rings is 1. The standard InChI is InChI=1S/C13H9BrN2O2/c1-8-4-2-3-5-9(8)12-15-13(18-16-12)11-10(14)6-7-17-11/h2-7H,1H3. The highest BCUT2D eigenvalue weighted by atomic mass is 79.9. The second-order valence-electron chi connectivity index (χ2n) is 3.84. The fraction of sp³-hybridized carbons (Fsp3) is 0.0769. The highest BCUT2D eigenvalue weighted by molar-refractivity contribution is 9.10. The molecule has 2 aromatic heterocycles. The van der Waals surface area contributed by atoms with Crippen LogP contribution in [0, 0.1) is 6.92 Å². The van der Waals surface area contributed by atoms with Crippen LogP contribution in [0.3, 0.4) is 0 Å². The van der Waals surface area contributed by atoms with Crippen molar-refractivity contribution in [3.63, 3.8) is 0 Å². The predicted octanol–water partition coefficient (Wildman–Crippen LogP) is 4.07. The third-order valence-corrected chi connectivity index (χ3v) is 3.25. The second kappa shape index (κ2) is 4.42. The van der Waals surface area contributed by atoms with E-state index in [-0.39, 0.29) is 0 Å². The molecule has 0 aliphatic rings. The van der Waals surface area contributed by atoms with Gasteiger partial charge in [0.1, 0.15) is 0 Å². The minimum Gasteiger partial charge on any atom is -0.458 e. The van der Waals surface area contributed by atoms with E-state index in [1.54, 1.807) is 12.3 Å². The highest BCUT2D eigenvalue weighted by Crippen LogP contribution is 2.30. The lowest BCUT2D eigenvalue weighted by Crippen LogP contribution is -1.84. The zero-order valence-electron chi connectivity index (χ0n) is 9.55. The number of rotatable bonds is 2. The quantitative estimate of drug-likeness (QED) is 0.716. The van der Waals surface area contributed by atoms with Crippen LogP contribution in [0.15, 0.2) is 50.0 Å². The molecule has 0 spiro atoms. The number of aromatic nitrogens is 2. The fourth-order valence-corrected chi connectivity index (χ4v) is 2.07. The Morgan fingerprint density at radius 1 is 1.17 bits per heavy atom. The van der Waals surface area contributed by atoms with Crippen molar-refractivity contribution in [2.45, 2.75) is 6.92 Å². The van der Waals surface area contributed by atoms with Crippen LogP contribution < -0.4 is 0 Å². The third-order valence-electron chi connectivity index (χ3n) is 2.62. The van der Waals surface area contributed by atoms with E-state index in [4.69, 9.17) is 8.94 Å². The predicted molar refractivity (Wildman–Crippen MR) is 69.9 cm³/mol. The van der Waals surface area contributed by atoms with Gasteiger partial charge in [-0.2, -0.15) is 4.98 Å². The van der Waals surface area contributed by atoms with E-state index < -0.39 is 0 Å². The number of halogens is 1. The maximum Gasteiger partial charge on any atom is 0.295 e. The average molecular weight is 305 g/mol. The molecule has 0 bridgehead atoms. The molecule has 0 saturated carbocycles. The number of benzene rings is 1. The lowest BCUT2D eigenvalue weighted by Gasteiger charge is -1.97. The Morgan fingerprint density at radius 3 is 2.72 bits per heavy atom. The Hall–Kier alpha value is -1.88. The number of aryl methyl sites for hydroxylation is 1. The van der Waals surface area contributed by atoms with Crippen molar-refractivity contribution in [3.8, 4) is 23.0 Å². The van der Waals surface area contributed by atoms with Crippen LogP contribution in [-0.4, -0.2) is 10.1 Å². The van der Waals surface area contributed by atoms with E-state index in [9.17, 15) is 0 Å². The van der Waals surface area contributed by atoms with Crippen LogP contribution in [-0.2, 0) is 0 Å². The van der Waals surface area contributed by atoms with Crippen molar-refractivity contribution in [1.82, 2.24) is 10.1 Å². The van der Waals surface area contributed by atoms with Gasteiger partial charge in [-0.3, -0.25) is 0 Å². The molecule has 0 unspecified atom stereocenters. The molecule has 2 heterocycles. The minimum atomic E-state index is 0.366. The summed E-state index contributed by atoms with van der Waals surface area (Å²) >= 11 is 3.36. The van der Waals surface area contributed by atoms with E-state index in [0.29, 0.717) is 17.5 Å². The van der Waals surface area contributed by atoms with Crippen molar-refractivity contribution >= 4 is 15.9 Å². The van der Waals surface area contributed by atoms with E-state index in [1.807, 2.05) is 31.2 Å². The molecule has 5 heteroatoms. The fourth-order valence-electron chi connectivity index (χ4n) is 1.70. The van der Waals surface area contributed by atoms with Gasteiger partial charge in [0.05, 0.1) is 10.7 Å². The molecule has 0 saturated heterocycles. The maximum atomic E-state index is 5.29. The molecular weight excluding hydrogens is 296 g/mol. The topological polar surface area (TPSA) is 52.1 Å². The Labute approximate surface area is 112 Å². The molecule has 90 valence electrons. The van der Waals surface area contributed by atoms with Gasteiger partial charge in [-0.25, -0.2) is 0 Å². The average Bonchev–Trinajstić information content (AvgIpc) is 2.98. The summed E-state index contributed by atoms with van der Waals surface area (Å²) in [6.07, 6.45) is 1.57. The van der Waals surface area contributed by atoms with Crippen LogP contribution in [0.5, 0.6) is 0 Å². The van der Waals surface area contributed by atoms with Gasteiger partial charge in [-0.1, -0.05) is 29.4 Å². The Bertz CT molecular complexity index is 688. The monoisotopic (exact) mass is 304 g/mol. The highest BCUT2D eigenvalue weighted by Gasteiger charge is 2.16. The molecule has 0 amide bonds. The molecule has 3 rings (SSSR count). The van der Waals surface area contributed by atoms with Gasteiger partial charge in [-0.05, 0) is 34.5 Å². The van der Waals surface area contributed by atoms with Gasteiger partial charge in [0, 0.05) is 5.56 Å². The van der Waals surface area contributed by atoms with Crippen LogP contribution in [0.1, 0.15) is 5.56 Å². The lowest BCUT2D eigenvalue weighted by atomic mass is 10.1. The SMILES string of the molecule is Cc1ccccc1-c1noc(-c2occc2Br)n1. The zero-order chi connectivity index (χ0) is 12.5. The maximum absolute atomic E-state index is 5.29. The van der Waals surface area contributed by atoms with Crippen molar-refractivity contribution in [2.24, 2.45) is 0 Å². The van der Waals surface area contributed by atoms with Crippen LogP contribution in [0.4, 0.5) is 0 Å². The molecule has 0 aliphatic heterocycles. The van der Waals surface area contributed by atoms with Crippen molar-refractivity contribution < 1.29 is 8.94 Å². The molecule has 0 radical (unpaired) electrons. The van der Waals surface area contributed by atoms with Gasteiger partial charge in [-0.15, -0.1) is 0 Å². The van der Waals surface area contributed by atoms with Gasteiger partial charge < -0.3 is 8.94 Å². The zero-order valence-corrected chi connectivity index (χ0v) is 11.1. The van der Waals surface area contributed by atoms with Gasteiger partial charge in [0.25, 0.3) is 5.89 Å². The van der Waals surface area contributed by atoms with E-state index >= 15 is 0 Å². The molecule has 3 aromatic rings. The smallest absolute Gasteiger partial charge is 0.295 e. The van der Waals surface area contributed by atoms with Gasteiger partial charge >= 0.3 is 0 Å². The second-order valence-corrected chi connectivity index (χ2v) is 4.69. The third kappa shape index (κ3) is 1.86. The lowest BCUT2D eigenvalue weighted by molar-refractivity contribution is 0.416. The normalized spacial score (nSPS) is 10.8. The van der Waals surface area contributed by atoms with Crippen LogP contribution in [0.2, 0.25) is 0 Å². The number of hydrogen-bond donors (Lipinski definition) is 0. The Kier molecular flexibility index (Phi) is 2.76. The molecule has 18 heavy (non-hydrogen) atoms. The number of nitrogens with zero attached hydrogens (tertiary/aromatic N) is 2. The van der Waals surface area contributed by atoms with E-state index in [2.05, 4.69) is 26.1 Å². The first kappa shape index (κ1) is 11.2. The molecular formula is C13H9BrN2O2. The molecule has 4 nitrogen and oxygen atoms in total. The summed E-state index contributed by atoms with van der Waals surface area (Å²) in [7, 11) is 0. The van der Waals surface area contributed by atoms with Gasteiger partial charge in [0.15, 0.2) is 0 Å². The summed E-state index contributed by atoms with van der Waals surface area (Å²) in [6.45, 7) is 2.01. The molecule has 0 N–H and O–H groups in total. The summed E-state index contributed by atoms with van der Waals surface area (Å²) < 4.78 is 11.3. The summed E-state index contributed by atoms with van der Waals surface area (Å²) in [5.41, 5.74) is 2.05. The van der Waals surface area contributed by atoms with Crippen molar-refractivity contribution in [3.05, 3.63) is 46.6 Å². The summed E-state index contributed by atoms with van der Waals surface area (Å²) in [5, 5.41) is 3.98. The summed E-state index contributed by atoms with van der Waals surface area (Å²) in [6, 6.07) is 9.67. The van der Waals surface area contributed by atoms with Crippen molar-refractivity contribution in [2.75, 3.05) is 0 Å². The number of hydrogen-bond acceptors (Lipinski definition) is 4. The molecule has 0 aliphatic carbocycles. The van der Waals surface area contributed by atoms with Crippen LogP contribution in [0.25, 0.3) is 23.0 Å². The van der Waals surface area contributed by atoms with Crippen molar-refractivity contribution in [1.29, 1.82) is 0 Å². The first-order valence-electron chi connectivity index (χ1n) is 5.39. The Balaban J connectivity index is 2.05. The largest absolute Gasteiger partial charge is 0.458 e. The first-order chi connectivity index (χ1) is 8.75.